The van der Waals surface area contributed by atoms with E-state index in [1.54, 1.807) is 6.20 Å². The van der Waals surface area contributed by atoms with Crippen molar-refractivity contribution >= 4 is 28.8 Å². The lowest BCUT2D eigenvalue weighted by molar-refractivity contribution is -0.152. The molecular formula is C17H20N2O6. The highest BCUT2D eigenvalue weighted by Crippen LogP contribution is 2.25. The fourth-order valence-electron chi connectivity index (χ4n) is 2.61. The van der Waals surface area contributed by atoms with Crippen LogP contribution in [0.2, 0.25) is 0 Å². The summed E-state index contributed by atoms with van der Waals surface area (Å²) in [5.74, 6) is -2.11. The largest absolute Gasteiger partial charge is 0.469 e. The van der Waals surface area contributed by atoms with Gasteiger partial charge in [0.25, 0.3) is 0 Å². The van der Waals surface area contributed by atoms with Crippen molar-refractivity contribution in [2.45, 2.75) is 26.4 Å². The first-order valence-electron chi connectivity index (χ1n) is 7.68. The number of H-pyrrole nitrogens is 1. The number of aromatic nitrogens is 2. The molecule has 1 aromatic carbocycles. The first-order valence-corrected chi connectivity index (χ1v) is 7.68. The summed E-state index contributed by atoms with van der Waals surface area (Å²) in [6.07, 6.45) is 1.78. The lowest BCUT2D eigenvalue weighted by atomic mass is 9.92. The third-order valence-electron chi connectivity index (χ3n) is 3.89. The van der Waals surface area contributed by atoms with Gasteiger partial charge in [0.05, 0.1) is 38.3 Å². The second-order valence-corrected chi connectivity index (χ2v) is 5.52. The summed E-state index contributed by atoms with van der Waals surface area (Å²) in [6, 6.07) is 3.63. The topological polar surface area (TPSA) is 108 Å². The molecule has 0 bridgehead atoms. The third-order valence-corrected chi connectivity index (χ3v) is 3.89. The number of fused-ring (bicyclic) bond motifs is 1. The summed E-state index contributed by atoms with van der Waals surface area (Å²) in [6.45, 7) is 1.37. The summed E-state index contributed by atoms with van der Waals surface area (Å²) in [5, 5.41) is 7.63. The van der Waals surface area contributed by atoms with Gasteiger partial charge in [0, 0.05) is 17.9 Å². The average Bonchev–Trinajstić information content (AvgIpc) is 3.07. The van der Waals surface area contributed by atoms with E-state index in [-0.39, 0.29) is 19.4 Å². The molecule has 1 aromatic heterocycles. The van der Waals surface area contributed by atoms with Crippen LogP contribution in [0.25, 0.3) is 10.9 Å². The van der Waals surface area contributed by atoms with Crippen molar-refractivity contribution in [3.8, 4) is 0 Å². The highest BCUT2D eigenvalue weighted by Gasteiger charge is 2.25. The van der Waals surface area contributed by atoms with Crippen LogP contribution in [0.1, 0.15) is 24.5 Å². The Morgan fingerprint density at radius 3 is 2.60 bits per heavy atom. The fourth-order valence-corrected chi connectivity index (χ4v) is 2.61. The van der Waals surface area contributed by atoms with Crippen LogP contribution >= 0.6 is 0 Å². The molecule has 0 aliphatic heterocycles. The molecule has 1 atom stereocenters. The van der Waals surface area contributed by atoms with Gasteiger partial charge in [0.2, 0.25) is 0 Å². The summed E-state index contributed by atoms with van der Waals surface area (Å²) in [4.78, 5) is 34.8. The maximum absolute atomic E-state index is 12.0. The lowest BCUT2D eigenvalue weighted by Crippen LogP contribution is -2.23. The summed E-state index contributed by atoms with van der Waals surface area (Å²) in [7, 11) is 2.53. The number of hydrogen-bond acceptors (Lipinski definition) is 7. The van der Waals surface area contributed by atoms with E-state index in [1.165, 1.54) is 21.1 Å². The number of nitrogens with zero attached hydrogens (tertiary/aromatic N) is 1. The van der Waals surface area contributed by atoms with Gasteiger partial charge in [-0.1, -0.05) is 6.07 Å². The number of benzene rings is 1. The van der Waals surface area contributed by atoms with E-state index in [4.69, 9.17) is 9.47 Å². The number of aromatic amines is 1. The average molecular weight is 348 g/mol. The van der Waals surface area contributed by atoms with E-state index >= 15 is 0 Å². The van der Waals surface area contributed by atoms with Crippen LogP contribution in [0.4, 0.5) is 0 Å². The molecule has 134 valence electrons. The maximum atomic E-state index is 12.0. The first kappa shape index (κ1) is 18.4. The minimum atomic E-state index is -0.696. The van der Waals surface area contributed by atoms with Crippen molar-refractivity contribution in [1.29, 1.82) is 0 Å². The number of ether oxygens (including phenoxy) is 3. The zero-order valence-corrected chi connectivity index (χ0v) is 14.3. The van der Waals surface area contributed by atoms with Crippen molar-refractivity contribution in [3.63, 3.8) is 0 Å². The zero-order chi connectivity index (χ0) is 18.4. The third kappa shape index (κ3) is 4.56. The maximum Gasteiger partial charge on any atom is 0.309 e. The van der Waals surface area contributed by atoms with E-state index < -0.39 is 23.8 Å². The van der Waals surface area contributed by atoms with E-state index in [2.05, 4.69) is 14.9 Å². The van der Waals surface area contributed by atoms with Crippen molar-refractivity contribution in [3.05, 3.63) is 29.5 Å². The van der Waals surface area contributed by atoms with Crippen LogP contribution in [-0.2, 0) is 41.6 Å². The van der Waals surface area contributed by atoms with Crippen molar-refractivity contribution in [2.24, 2.45) is 5.92 Å². The van der Waals surface area contributed by atoms with E-state index in [9.17, 15) is 14.4 Å². The zero-order valence-electron chi connectivity index (χ0n) is 14.3. The van der Waals surface area contributed by atoms with Crippen molar-refractivity contribution in [1.82, 2.24) is 10.2 Å². The van der Waals surface area contributed by atoms with Gasteiger partial charge in [-0.3, -0.25) is 19.5 Å². The number of esters is 3. The number of nitrogens with one attached hydrogen (secondary N) is 1. The van der Waals surface area contributed by atoms with E-state index in [0.29, 0.717) is 0 Å². The van der Waals surface area contributed by atoms with Gasteiger partial charge in [0.1, 0.15) is 6.61 Å². The molecule has 2 aromatic rings. The summed E-state index contributed by atoms with van der Waals surface area (Å²) in [5.41, 5.74) is 2.29. The molecule has 0 aliphatic carbocycles. The molecule has 0 radical (unpaired) electrons. The summed E-state index contributed by atoms with van der Waals surface area (Å²) < 4.78 is 14.6. The molecule has 25 heavy (non-hydrogen) atoms. The van der Waals surface area contributed by atoms with Gasteiger partial charge in [-0.25, -0.2) is 0 Å². The van der Waals surface area contributed by atoms with Gasteiger partial charge in [-0.05, 0) is 18.1 Å². The lowest BCUT2D eigenvalue weighted by Gasteiger charge is -2.16. The highest BCUT2D eigenvalue weighted by atomic mass is 16.5. The molecule has 0 fully saturated rings. The van der Waals surface area contributed by atoms with Crippen LogP contribution < -0.4 is 0 Å². The molecule has 0 spiro atoms. The van der Waals surface area contributed by atoms with Crippen molar-refractivity contribution in [2.75, 3.05) is 14.2 Å². The van der Waals surface area contributed by atoms with E-state index in [0.717, 1.165) is 22.0 Å². The Labute approximate surface area is 144 Å². The Kier molecular flexibility index (Phi) is 6.10. The normalized spacial score (nSPS) is 11.8. The predicted molar refractivity (Wildman–Crippen MR) is 87.4 cm³/mol. The van der Waals surface area contributed by atoms with Crippen LogP contribution in [0, 0.1) is 5.92 Å². The quantitative estimate of drug-likeness (QED) is 0.597. The molecule has 1 unspecified atom stereocenters. The molecular weight excluding hydrogens is 328 g/mol. The highest BCUT2D eigenvalue weighted by molar-refractivity contribution is 5.84. The molecule has 2 rings (SSSR count). The fraction of sp³-hybridized carbons (Fsp3) is 0.412. The number of carbonyl (C=O) groups excluding carboxylic acids is 3. The number of hydrogen-bond donors (Lipinski definition) is 1. The Hall–Kier alpha value is -2.90. The van der Waals surface area contributed by atoms with Crippen LogP contribution in [0.3, 0.4) is 0 Å². The Morgan fingerprint density at radius 2 is 1.96 bits per heavy atom. The van der Waals surface area contributed by atoms with Gasteiger partial charge in [-0.2, -0.15) is 5.10 Å². The van der Waals surface area contributed by atoms with E-state index in [1.807, 2.05) is 12.1 Å². The molecule has 8 nitrogen and oxygen atoms in total. The number of rotatable bonds is 7. The minimum absolute atomic E-state index is 0.0493. The minimum Gasteiger partial charge on any atom is -0.469 e. The molecule has 0 aliphatic rings. The summed E-state index contributed by atoms with van der Waals surface area (Å²) >= 11 is 0. The number of carbonyl (C=O) groups is 3. The second-order valence-electron chi connectivity index (χ2n) is 5.52. The Morgan fingerprint density at radius 1 is 1.20 bits per heavy atom. The molecule has 8 heteroatoms. The van der Waals surface area contributed by atoms with Gasteiger partial charge in [0.15, 0.2) is 0 Å². The van der Waals surface area contributed by atoms with Gasteiger partial charge >= 0.3 is 17.9 Å². The smallest absolute Gasteiger partial charge is 0.309 e. The molecule has 1 heterocycles. The first-order chi connectivity index (χ1) is 12.0. The number of methoxy groups -OCH3 is 2. The Bertz CT molecular complexity index is 783. The van der Waals surface area contributed by atoms with Crippen LogP contribution in [-0.4, -0.2) is 42.3 Å². The second kappa shape index (κ2) is 8.27. The molecule has 0 saturated heterocycles. The SMILES string of the molecule is COC(=O)CC(Cc1ccc2[nH]ncc2c1COC(C)=O)C(=O)OC. The van der Waals surface area contributed by atoms with Gasteiger partial charge in [-0.15, -0.1) is 0 Å². The molecule has 0 amide bonds. The van der Waals surface area contributed by atoms with Crippen LogP contribution in [0.5, 0.6) is 0 Å². The predicted octanol–water partition coefficient (Wildman–Crippen LogP) is 1.52. The van der Waals surface area contributed by atoms with Crippen LogP contribution in [0.15, 0.2) is 18.3 Å². The standard InChI is InChI=1S/C17H20N2O6/c1-10(20)25-9-14-11(4-5-15-13(14)8-18-19-15)6-12(17(22)24-3)7-16(21)23-2/h4-5,8,12H,6-7,9H2,1-3H3,(H,18,19). The van der Waals surface area contributed by atoms with Crippen molar-refractivity contribution < 1.29 is 28.6 Å². The van der Waals surface area contributed by atoms with Gasteiger partial charge < -0.3 is 14.2 Å². The monoisotopic (exact) mass is 348 g/mol. The molecule has 1 N–H and O–H groups in total. The Balaban J connectivity index is 2.36. The molecule has 0 saturated carbocycles.